The third kappa shape index (κ3) is 6.61. The number of aryl methyl sites for hydroxylation is 2. The molecule has 10 heteroatoms. The number of ether oxygens (including phenoxy) is 1. The smallest absolute Gasteiger partial charge is 0.251 e. The Hall–Kier alpha value is -5.55. The molecular formula is C52H51BrN4O5. The molecule has 6 heterocycles. The van der Waals surface area contributed by atoms with E-state index in [4.69, 9.17) is 9.62 Å². The molecule has 11 rings (SSSR count). The second-order valence-electron chi connectivity index (χ2n) is 17.7. The third-order valence-electron chi connectivity index (χ3n) is 14.1. The number of benzene rings is 5. The summed E-state index contributed by atoms with van der Waals surface area (Å²) in [4.78, 5) is 24.2. The van der Waals surface area contributed by atoms with Gasteiger partial charge >= 0.3 is 0 Å². The van der Waals surface area contributed by atoms with Gasteiger partial charge < -0.3 is 34.4 Å². The molecule has 1 aromatic heterocycles. The molecule has 316 valence electrons. The summed E-state index contributed by atoms with van der Waals surface area (Å²) < 4.78 is 10.6. The number of halogens is 1. The zero-order valence-corrected chi connectivity index (χ0v) is 36.7. The van der Waals surface area contributed by atoms with Crippen LogP contribution >= 0.6 is 15.9 Å². The number of anilines is 2. The quantitative estimate of drug-likeness (QED) is 0.105. The van der Waals surface area contributed by atoms with Gasteiger partial charge in [-0.15, -0.1) is 0 Å². The van der Waals surface area contributed by atoms with Gasteiger partial charge in [0, 0.05) is 110 Å². The number of fused-ring (bicyclic) bond motifs is 5. The molecule has 62 heavy (non-hydrogen) atoms. The topological polar surface area (TPSA) is 99.4 Å². The molecule has 0 aliphatic carbocycles. The van der Waals surface area contributed by atoms with E-state index in [-0.39, 0.29) is 12.5 Å². The minimum atomic E-state index is -0.171. The number of hydrogen-bond donors (Lipinski definition) is 3. The summed E-state index contributed by atoms with van der Waals surface area (Å²) in [6, 6.07) is 24.9. The molecule has 0 spiro atoms. The second kappa shape index (κ2) is 16.0. The fourth-order valence-corrected chi connectivity index (χ4v) is 11.5. The molecule has 0 saturated heterocycles. The van der Waals surface area contributed by atoms with Crippen LogP contribution < -0.4 is 30.3 Å². The van der Waals surface area contributed by atoms with Crippen molar-refractivity contribution in [1.82, 2.24) is 9.88 Å². The fourth-order valence-electron chi connectivity index (χ4n) is 11.3. The Morgan fingerprint density at radius 3 is 2.06 bits per heavy atom. The summed E-state index contributed by atoms with van der Waals surface area (Å²) in [5.41, 5.74) is 17.1. The van der Waals surface area contributed by atoms with Crippen molar-refractivity contribution < 1.29 is 24.8 Å². The Kier molecular flexibility index (Phi) is 10.1. The highest BCUT2D eigenvalue weighted by atomic mass is 79.9. The molecule has 0 unspecified atom stereocenters. The SMILES string of the molecule is Cc1c(CCNC(=O)c2cc/c(=C/OO)c(=C3c4cc5c6c(c4Oc4c3cc3c7c4CCCN7CCC3)CCCN6CCC5)c2)c2cc(CO)ccc2n1Cc1ccc(Br)cc1. The molecule has 5 aromatic carbocycles. The van der Waals surface area contributed by atoms with E-state index in [0.29, 0.717) is 30.3 Å². The van der Waals surface area contributed by atoms with Gasteiger partial charge in [-0.05, 0) is 146 Å². The van der Waals surface area contributed by atoms with Crippen molar-refractivity contribution in [2.45, 2.75) is 77.9 Å². The van der Waals surface area contributed by atoms with Gasteiger partial charge in [0.05, 0.1) is 6.61 Å². The first-order chi connectivity index (χ1) is 30.4. The Morgan fingerprint density at radius 2 is 1.44 bits per heavy atom. The molecule has 9 nitrogen and oxygen atoms in total. The van der Waals surface area contributed by atoms with Gasteiger partial charge in [-0.2, -0.15) is 0 Å². The number of aliphatic hydroxyl groups is 1. The van der Waals surface area contributed by atoms with Gasteiger partial charge in [-0.1, -0.05) is 40.2 Å². The first kappa shape index (κ1) is 39.3. The number of hydrogen-bond acceptors (Lipinski definition) is 7. The van der Waals surface area contributed by atoms with E-state index in [1.165, 1.54) is 45.5 Å². The van der Waals surface area contributed by atoms with Crippen molar-refractivity contribution in [1.29, 1.82) is 0 Å². The summed E-state index contributed by atoms with van der Waals surface area (Å²) in [7, 11) is 0. The highest BCUT2D eigenvalue weighted by molar-refractivity contribution is 9.10. The maximum atomic E-state index is 14.3. The molecule has 0 bridgehead atoms. The van der Waals surface area contributed by atoms with Gasteiger partial charge in [-0.3, -0.25) is 4.79 Å². The third-order valence-corrected chi connectivity index (χ3v) is 14.6. The lowest BCUT2D eigenvalue weighted by atomic mass is 9.80. The molecule has 0 fully saturated rings. The van der Waals surface area contributed by atoms with Crippen molar-refractivity contribution in [2.24, 2.45) is 0 Å². The monoisotopic (exact) mass is 890 g/mol. The number of nitrogens with zero attached hydrogens (tertiary/aromatic N) is 3. The predicted octanol–water partition coefficient (Wildman–Crippen LogP) is 8.20. The van der Waals surface area contributed by atoms with Crippen molar-refractivity contribution in [3.05, 3.63) is 149 Å². The summed E-state index contributed by atoms with van der Waals surface area (Å²) >= 11 is 3.56. The number of nitrogens with one attached hydrogen (secondary N) is 1. The van der Waals surface area contributed by atoms with Crippen LogP contribution in [-0.2, 0) is 50.1 Å². The van der Waals surface area contributed by atoms with E-state index in [1.54, 1.807) is 0 Å². The maximum absolute atomic E-state index is 14.3. The van der Waals surface area contributed by atoms with Crippen LogP contribution in [0.3, 0.4) is 0 Å². The van der Waals surface area contributed by atoms with Crippen molar-refractivity contribution in [3.63, 3.8) is 0 Å². The zero-order chi connectivity index (χ0) is 42.1. The van der Waals surface area contributed by atoms with E-state index in [2.05, 4.69) is 91.1 Å². The molecule has 0 saturated carbocycles. The standard InChI is InChI=1S/C52H51BrN4O5/c1-31-39(43-24-33(29-58)12-17-46(43)57(31)28-32-10-15-38(53)16-11-32)18-19-54-52(59)36-13-14-37(30-61-60)42(27-36)47-44-25-34-6-2-20-55-22-4-8-40(48(34)55)50(44)62-51-41-9-5-23-56-21-3-7-35(49(41)56)26-45(47)51/h10-17,24-27,30,58,60H,2-9,18-23,28-29H2,1H3,(H,54,59)/b37-30-. The van der Waals surface area contributed by atoms with E-state index in [9.17, 15) is 15.2 Å². The Balaban J connectivity index is 1.01. The van der Waals surface area contributed by atoms with Crippen molar-refractivity contribution in [3.8, 4) is 11.5 Å². The lowest BCUT2D eigenvalue weighted by molar-refractivity contribution is -0.162. The molecule has 5 aliphatic heterocycles. The molecule has 1 amide bonds. The first-order valence-electron chi connectivity index (χ1n) is 22.3. The largest absolute Gasteiger partial charge is 0.455 e. The molecule has 0 radical (unpaired) electrons. The highest BCUT2D eigenvalue weighted by Gasteiger charge is 2.37. The maximum Gasteiger partial charge on any atom is 0.251 e. The van der Waals surface area contributed by atoms with Crippen LogP contribution in [0.2, 0.25) is 0 Å². The predicted molar refractivity (Wildman–Crippen MR) is 248 cm³/mol. The summed E-state index contributed by atoms with van der Waals surface area (Å²) in [6.45, 7) is 7.53. The molecular weight excluding hydrogens is 840 g/mol. The van der Waals surface area contributed by atoms with Crippen LogP contribution in [0.5, 0.6) is 11.5 Å². The minimum absolute atomic E-state index is 0.0370. The highest BCUT2D eigenvalue weighted by Crippen LogP contribution is 2.54. The van der Waals surface area contributed by atoms with Crippen LogP contribution in [0.4, 0.5) is 11.4 Å². The number of amides is 1. The van der Waals surface area contributed by atoms with E-state index >= 15 is 0 Å². The summed E-state index contributed by atoms with van der Waals surface area (Å²) in [5.74, 6) is 1.70. The summed E-state index contributed by atoms with van der Waals surface area (Å²) in [6.07, 6.45) is 10.4. The van der Waals surface area contributed by atoms with Crippen LogP contribution in [-0.4, -0.2) is 53.6 Å². The van der Waals surface area contributed by atoms with Crippen molar-refractivity contribution in [2.75, 3.05) is 42.5 Å². The van der Waals surface area contributed by atoms with Gasteiger partial charge in [-0.25, -0.2) is 5.26 Å². The summed E-state index contributed by atoms with van der Waals surface area (Å²) in [5, 5.41) is 25.8. The van der Waals surface area contributed by atoms with Gasteiger partial charge in [0.15, 0.2) is 0 Å². The number of rotatable bonds is 8. The number of aromatic nitrogens is 1. The first-order valence-corrected chi connectivity index (χ1v) is 23.1. The lowest BCUT2D eigenvalue weighted by Crippen LogP contribution is -2.37. The second-order valence-corrected chi connectivity index (χ2v) is 18.6. The van der Waals surface area contributed by atoms with E-state index in [1.807, 2.05) is 24.3 Å². The number of carbonyl (C=O) groups is 1. The Labute approximate surface area is 369 Å². The Bertz CT molecular complexity index is 2850. The van der Waals surface area contributed by atoms with Crippen LogP contribution in [0.25, 0.3) is 22.7 Å². The number of aliphatic hydroxyl groups excluding tert-OH is 1. The average Bonchev–Trinajstić information content (AvgIpc) is 3.55. The zero-order valence-electron chi connectivity index (χ0n) is 35.2. The minimum Gasteiger partial charge on any atom is -0.455 e. The van der Waals surface area contributed by atoms with E-state index in [0.717, 1.165) is 143 Å². The van der Waals surface area contributed by atoms with Crippen LogP contribution in [0.15, 0.2) is 77.3 Å². The van der Waals surface area contributed by atoms with Gasteiger partial charge in [0.25, 0.3) is 5.91 Å². The van der Waals surface area contributed by atoms with Gasteiger partial charge in [0.1, 0.15) is 17.8 Å². The number of carbonyl (C=O) groups excluding carboxylic acids is 1. The average molecular weight is 892 g/mol. The Morgan fingerprint density at radius 1 is 0.806 bits per heavy atom. The van der Waals surface area contributed by atoms with Crippen molar-refractivity contribution >= 4 is 56.0 Å². The lowest BCUT2D eigenvalue weighted by Gasteiger charge is -2.41. The van der Waals surface area contributed by atoms with E-state index < -0.39 is 0 Å². The molecule has 3 N–H and O–H groups in total. The van der Waals surface area contributed by atoms with Crippen LogP contribution in [0, 0.1) is 6.92 Å². The molecule has 5 aliphatic rings. The fraction of sp³-hybridized carbons (Fsp3) is 0.327. The molecule has 0 atom stereocenters. The van der Waals surface area contributed by atoms with Gasteiger partial charge in [0.2, 0.25) is 0 Å². The molecule has 6 aromatic rings. The normalized spacial score (nSPS) is 16.4. The van der Waals surface area contributed by atoms with Crippen LogP contribution in [0.1, 0.15) is 91.8 Å².